The summed E-state index contributed by atoms with van der Waals surface area (Å²) in [5, 5.41) is 3.08. The van der Waals surface area contributed by atoms with Gasteiger partial charge in [0, 0.05) is 0 Å². The topological polar surface area (TPSA) is 38.3 Å². The Balaban J connectivity index is 1.58. The van der Waals surface area contributed by atoms with Crippen LogP contribution in [-0.4, -0.2) is 12.0 Å². The van der Waals surface area contributed by atoms with Crippen molar-refractivity contribution < 1.29 is 9.53 Å². The monoisotopic (exact) mass is 365 g/mol. The van der Waals surface area contributed by atoms with Crippen molar-refractivity contribution in [3.05, 3.63) is 64.7 Å². The number of aryl methyl sites for hydroxylation is 2. The minimum absolute atomic E-state index is 0.0299. The number of amides is 1. The molecule has 2 aromatic rings. The van der Waals surface area contributed by atoms with Crippen LogP contribution in [0.15, 0.2) is 42.5 Å². The number of rotatable bonds is 5. The van der Waals surface area contributed by atoms with E-state index in [9.17, 15) is 4.79 Å². The normalized spacial score (nSPS) is 15.7. The molecule has 0 unspecified atom stereocenters. The molecule has 27 heavy (non-hydrogen) atoms. The van der Waals surface area contributed by atoms with Crippen LogP contribution in [-0.2, 0) is 23.1 Å². The molecule has 2 atom stereocenters. The van der Waals surface area contributed by atoms with Crippen LogP contribution in [0.25, 0.3) is 0 Å². The van der Waals surface area contributed by atoms with Gasteiger partial charge in [-0.25, -0.2) is 0 Å². The lowest BCUT2D eigenvalue weighted by Crippen LogP contribution is -2.37. The maximum Gasteiger partial charge on any atom is 0.261 e. The Morgan fingerprint density at radius 1 is 1.00 bits per heavy atom. The van der Waals surface area contributed by atoms with E-state index in [1.54, 1.807) is 6.92 Å². The van der Waals surface area contributed by atoms with Gasteiger partial charge in [-0.05, 0) is 72.9 Å². The largest absolute Gasteiger partial charge is 0.481 e. The Bertz CT molecular complexity index is 802. The molecule has 0 bridgehead atoms. The lowest BCUT2D eigenvalue weighted by molar-refractivity contribution is -0.127. The molecule has 0 saturated heterocycles. The zero-order valence-electron chi connectivity index (χ0n) is 17.1. The van der Waals surface area contributed by atoms with Gasteiger partial charge >= 0.3 is 0 Å². The predicted molar refractivity (Wildman–Crippen MR) is 110 cm³/mol. The molecule has 1 N–H and O–H groups in total. The van der Waals surface area contributed by atoms with Gasteiger partial charge in [-0.1, -0.05) is 51.1 Å². The van der Waals surface area contributed by atoms with Crippen molar-refractivity contribution in [2.24, 2.45) is 0 Å². The number of nitrogens with one attached hydrogen (secondary N) is 1. The van der Waals surface area contributed by atoms with Crippen molar-refractivity contribution in [2.45, 2.75) is 71.4 Å². The summed E-state index contributed by atoms with van der Waals surface area (Å²) in [5.41, 5.74) is 5.39. The van der Waals surface area contributed by atoms with Crippen molar-refractivity contribution in [3.8, 4) is 5.75 Å². The molecule has 3 heteroatoms. The van der Waals surface area contributed by atoms with Crippen molar-refractivity contribution in [2.75, 3.05) is 0 Å². The molecule has 0 fully saturated rings. The lowest BCUT2D eigenvalue weighted by atomic mass is 9.87. The minimum atomic E-state index is -0.539. The highest BCUT2D eigenvalue weighted by Gasteiger charge is 2.20. The molecule has 1 amide bonds. The Hall–Kier alpha value is -2.29. The third-order valence-electron chi connectivity index (χ3n) is 5.38. The van der Waals surface area contributed by atoms with Crippen LogP contribution in [0.5, 0.6) is 5.75 Å². The first-order valence-corrected chi connectivity index (χ1v) is 9.93. The van der Waals surface area contributed by atoms with E-state index < -0.39 is 6.10 Å². The van der Waals surface area contributed by atoms with Crippen molar-refractivity contribution in [1.29, 1.82) is 0 Å². The molecule has 0 spiro atoms. The second kappa shape index (κ2) is 7.75. The van der Waals surface area contributed by atoms with E-state index in [2.05, 4.69) is 56.4 Å². The van der Waals surface area contributed by atoms with Gasteiger partial charge in [-0.15, -0.1) is 0 Å². The van der Waals surface area contributed by atoms with Gasteiger partial charge in [0.15, 0.2) is 6.10 Å². The van der Waals surface area contributed by atoms with E-state index in [1.165, 1.54) is 29.5 Å². The predicted octanol–water partition coefficient (Wildman–Crippen LogP) is 5.12. The fourth-order valence-corrected chi connectivity index (χ4v) is 3.57. The van der Waals surface area contributed by atoms with Crippen LogP contribution in [0.3, 0.4) is 0 Å². The van der Waals surface area contributed by atoms with Gasteiger partial charge in [-0.2, -0.15) is 0 Å². The summed E-state index contributed by atoms with van der Waals surface area (Å²) in [6, 6.07) is 14.5. The Morgan fingerprint density at radius 2 is 1.67 bits per heavy atom. The summed E-state index contributed by atoms with van der Waals surface area (Å²) < 4.78 is 5.84. The number of carbonyl (C=O) groups excluding carboxylic acids is 1. The maximum atomic E-state index is 12.6. The molecule has 0 aromatic heterocycles. The Kier molecular flexibility index (Phi) is 5.59. The third kappa shape index (κ3) is 4.71. The molecule has 144 valence electrons. The van der Waals surface area contributed by atoms with E-state index in [4.69, 9.17) is 4.74 Å². The number of hydrogen-bond donors (Lipinski definition) is 1. The average Bonchev–Trinajstić information content (AvgIpc) is 3.09. The summed E-state index contributed by atoms with van der Waals surface area (Å²) in [5.74, 6) is 0.624. The van der Waals surface area contributed by atoms with Crippen LogP contribution in [0.1, 0.15) is 69.3 Å². The number of ether oxygens (including phenoxy) is 1. The summed E-state index contributed by atoms with van der Waals surface area (Å²) in [4.78, 5) is 12.6. The molecule has 1 aliphatic rings. The highest BCUT2D eigenvalue weighted by molar-refractivity contribution is 5.81. The van der Waals surface area contributed by atoms with Crippen molar-refractivity contribution in [1.82, 2.24) is 5.32 Å². The smallest absolute Gasteiger partial charge is 0.261 e. The molecule has 1 aliphatic carbocycles. The van der Waals surface area contributed by atoms with Crippen LogP contribution in [0, 0.1) is 0 Å². The van der Waals surface area contributed by atoms with E-state index >= 15 is 0 Å². The molecule has 3 rings (SSSR count). The van der Waals surface area contributed by atoms with Crippen molar-refractivity contribution >= 4 is 5.91 Å². The molecule has 0 radical (unpaired) electrons. The first-order chi connectivity index (χ1) is 12.7. The quantitative estimate of drug-likeness (QED) is 0.799. The van der Waals surface area contributed by atoms with Gasteiger partial charge in [-0.3, -0.25) is 4.79 Å². The summed E-state index contributed by atoms with van der Waals surface area (Å²) in [6.45, 7) is 10.4. The highest BCUT2D eigenvalue weighted by atomic mass is 16.5. The first kappa shape index (κ1) is 19.5. The number of fused-ring (bicyclic) bond motifs is 1. The van der Waals surface area contributed by atoms with Crippen LogP contribution in [0.4, 0.5) is 0 Å². The number of hydrogen-bond acceptors (Lipinski definition) is 2. The van der Waals surface area contributed by atoms with E-state index in [0.717, 1.165) is 17.7 Å². The number of benzene rings is 2. The standard InChI is InChI=1S/C24H31NO2/c1-16(19-10-9-18-7-6-8-20(18)15-19)25-23(26)17(2)27-22-13-11-21(12-14-22)24(3,4)5/h9-17H,6-8H2,1-5H3,(H,25,26)/t16-,17+/m1/s1. The second-order valence-corrected chi connectivity index (χ2v) is 8.65. The fraction of sp³-hybridized carbons (Fsp3) is 0.458. The first-order valence-electron chi connectivity index (χ1n) is 9.93. The zero-order valence-corrected chi connectivity index (χ0v) is 17.1. The molecular weight excluding hydrogens is 334 g/mol. The van der Waals surface area contributed by atoms with Crippen LogP contribution >= 0.6 is 0 Å². The van der Waals surface area contributed by atoms with Gasteiger partial charge < -0.3 is 10.1 Å². The van der Waals surface area contributed by atoms with Gasteiger partial charge in [0.2, 0.25) is 0 Å². The Morgan fingerprint density at radius 3 is 2.33 bits per heavy atom. The summed E-state index contributed by atoms with van der Waals surface area (Å²) in [7, 11) is 0. The van der Waals surface area contributed by atoms with Crippen LogP contribution < -0.4 is 10.1 Å². The van der Waals surface area contributed by atoms with Gasteiger partial charge in [0.05, 0.1) is 6.04 Å². The zero-order chi connectivity index (χ0) is 19.6. The van der Waals surface area contributed by atoms with Crippen LogP contribution in [0.2, 0.25) is 0 Å². The molecule has 2 aromatic carbocycles. The molecule has 3 nitrogen and oxygen atoms in total. The fourth-order valence-electron chi connectivity index (χ4n) is 3.57. The number of carbonyl (C=O) groups is 1. The second-order valence-electron chi connectivity index (χ2n) is 8.65. The van der Waals surface area contributed by atoms with Crippen molar-refractivity contribution in [3.63, 3.8) is 0 Å². The molecule has 0 aliphatic heterocycles. The Labute approximate surface area is 163 Å². The maximum absolute atomic E-state index is 12.6. The van der Waals surface area contributed by atoms with E-state index in [0.29, 0.717) is 0 Å². The molecular formula is C24H31NO2. The SMILES string of the molecule is C[C@H](Oc1ccc(C(C)(C)C)cc1)C(=O)N[C@H](C)c1ccc2c(c1)CCC2. The van der Waals surface area contributed by atoms with Gasteiger partial charge in [0.25, 0.3) is 5.91 Å². The molecule has 0 heterocycles. The van der Waals surface area contributed by atoms with E-state index in [-0.39, 0.29) is 17.4 Å². The third-order valence-corrected chi connectivity index (χ3v) is 5.38. The highest BCUT2D eigenvalue weighted by Crippen LogP contribution is 2.26. The summed E-state index contributed by atoms with van der Waals surface area (Å²) >= 11 is 0. The van der Waals surface area contributed by atoms with Gasteiger partial charge in [0.1, 0.15) is 5.75 Å². The summed E-state index contributed by atoms with van der Waals surface area (Å²) in [6.07, 6.45) is 3.02. The van der Waals surface area contributed by atoms with E-state index in [1.807, 2.05) is 19.1 Å². The molecule has 0 saturated carbocycles. The average molecular weight is 366 g/mol. The lowest BCUT2D eigenvalue weighted by Gasteiger charge is -2.21. The minimum Gasteiger partial charge on any atom is -0.481 e.